The van der Waals surface area contributed by atoms with Crippen LogP contribution in [0.5, 0.6) is 5.75 Å². The van der Waals surface area contributed by atoms with Gasteiger partial charge in [-0.1, -0.05) is 0 Å². The van der Waals surface area contributed by atoms with E-state index in [2.05, 4.69) is 15.4 Å². The number of anilines is 1. The molecule has 0 radical (unpaired) electrons. The number of alkyl halides is 1. The molecule has 1 aromatic carbocycles. The maximum atomic E-state index is 11.5. The largest absolute Gasteiger partial charge is 0.513 e. The minimum Gasteiger partial charge on any atom is -0.434 e. The van der Waals surface area contributed by atoms with Gasteiger partial charge in [-0.2, -0.15) is 0 Å². The lowest BCUT2D eigenvalue weighted by Crippen LogP contribution is -2.29. The molecule has 0 aliphatic rings. The summed E-state index contributed by atoms with van der Waals surface area (Å²) in [5.41, 5.74) is 0.588. The average Bonchev–Trinajstić information content (AvgIpc) is 2.41. The smallest absolute Gasteiger partial charge is 0.434 e. The maximum Gasteiger partial charge on any atom is 0.513 e. The second-order valence-corrected chi connectivity index (χ2v) is 4.11. The van der Waals surface area contributed by atoms with Crippen molar-refractivity contribution in [3.8, 4) is 5.75 Å². The summed E-state index contributed by atoms with van der Waals surface area (Å²) in [6.07, 6.45) is -0.0478. The lowest BCUT2D eigenvalue weighted by Gasteiger charge is -2.08. The van der Waals surface area contributed by atoms with Gasteiger partial charge in [-0.25, -0.2) is 9.59 Å². The first-order chi connectivity index (χ1) is 9.65. The van der Waals surface area contributed by atoms with E-state index in [9.17, 15) is 9.59 Å². The second-order valence-electron chi connectivity index (χ2n) is 3.73. The summed E-state index contributed by atoms with van der Waals surface area (Å²) in [4.78, 5) is 22.6. The number of rotatable bonds is 6. The molecule has 2 amide bonds. The topological polar surface area (TPSA) is 76.7 Å². The van der Waals surface area contributed by atoms with E-state index < -0.39 is 6.16 Å². The fourth-order valence-electron chi connectivity index (χ4n) is 1.29. The van der Waals surface area contributed by atoms with Gasteiger partial charge in [-0.15, -0.1) is 11.6 Å². The predicted octanol–water partition coefficient (Wildman–Crippen LogP) is 2.97. The Morgan fingerprint density at radius 1 is 1.25 bits per heavy atom. The molecule has 7 heteroatoms. The van der Waals surface area contributed by atoms with Gasteiger partial charge < -0.3 is 20.1 Å². The van der Waals surface area contributed by atoms with Crippen molar-refractivity contribution in [2.24, 2.45) is 0 Å². The first-order valence-electron chi connectivity index (χ1n) is 6.21. The average molecular weight is 301 g/mol. The van der Waals surface area contributed by atoms with Crippen molar-refractivity contribution in [1.82, 2.24) is 5.32 Å². The molecule has 0 bridgehead atoms. The normalized spacial score (nSPS) is 9.70. The second kappa shape index (κ2) is 9.03. The van der Waals surface area contributed by atoms with Crippen molar-refractivity contribution in [2.75, 3.05) is 24.3 Å². The van der Waals surface area contributed by atoms with Crippen LogP contribution in [0.15, 0.2) is 24.3 Å². The highest BCUT2D eigenvalue weighted by Gasteiger charge is 2.05. The van der Waals surface area contributed by atoms with Crippen molar-refractivity contribution >= 4 is 29.5 Å². The molecule has 0 unspecified atom stereocenters. The number of carbonyl (C=O) groups excluding carboxylic acids is 2. The number of amides is 2. The van der Waals surface area contributed by atoms with Gasteiger partial charge in [-0.05, 0) is 37.6 Å². The van der Waals surface area contributed by atoms with Crippen molar-refractivity contribution in [3.63, 3.8) is 0 Å². The first kappa shape index (κ1) is 16.1. The number of nitrogens with one attached hydrogen (secondary N) is 2. The highest BCUT2D eigenvalue weighted by atomic mass is 35.5. The summed E-state index contributed by atoms with van der Waals surface area (Å²) >= 11 is 5.50. The molecule has 0 aliphatic carbocycles. The van der Waals surface area contributed by atoms with Gasteiger partial charge in [-0.3, -0.25) is 0 Å². The van der Waals surface area contributed by atoms with Crippen LogP contribution in [0, 0.1) is 0 Å². The maximum absolute atomic E-state index is 11.5. The fraction of sp³-hybridized carbons (Fsp3) is 0.385. The zero-order chi connectivity index (χ0) is 14.8. The van der Waals surface area contributed by atoms with Crippen LogP contribution in [-0.2, 0) is 4.74 Å². The minimum atomic E-state index is -0.757. The summed E-state index contributed by atoms with van der Waals surface area (Å²) in [5, 5.41) is 5.30. The van der Waals surface area contributed by atoms with Crippen molar-refractivity contribution in [2.45, 2.75) is 13.3 Å². The Kier molecular flexibility index (Phi) is 7.27. The number of halogens is 1. The summed E-state index contributed by atoms with van der Waals surface area (Å²) in [6.45, 7) is 2.46. The molecule has 0 aromatic heterocycles. The van der Waals surface area contributed by atoms with Crippen LogP contribution in [0.3, 0.4) is 0 Å². The molecule has 110 valence electrons. The molecule has 0 spiro atoms. The van der Waals surface area contributed by atoms with Crippen molar-refractivity contribution in [1.29, 1.82) is 0 Å². The van der Waals surface area contributed by atoms with E-state index in [-0.39, 0.29) is 12.6 Å². The molecule has 2 N–H and O–H groups in total. The molecule has 0 saturated heterocycles. The third-order valence-corrected chi connectivity index (χ3v) is 2.44. The third kappa shape index (κ3) is 6.29. The summed E-state index contributed by atoms with van der Waals surface area (Å²) in [6, 6.07) is 6.05. The van der Waals surface area contributed by atoms with Crippen LogP contribution in [-0.4, -0.2) is 31.2 Å². The zero-order valence-corrected chi connectivity index (χ0v) is 11.9. The van der Waals surface area contributed by atoms with Crippen LogP contribution in [0.2, 0.25) is 0 Å². The lowest BCUT2D eigenvalue weighted by molar-refractivity contribution is 0.104. The zero-order valence-electron chi connectivity index (χ0n) is 11.1. The Hall–Kier alpha value is -1.95. The van der Waals surface area contributed by atoms with Gasteiger partial charge in [0.05, 0.1) is 6.61 Å². The minimum absolute atomic E-state index is 0.251. The molecule has 1 rings (SSSR count). The predicted molar refractivity (Wildman–Crippen MR) is 76.5 cm³/mol. The van der Waals surface area contributed by atoms with E-state index in [4.69, 9.17) is 16.3 Å². The highest BCUT2D eigenvalue weighted by molar-refractivity contribution is 6.17. The number of urea groups is 1. The van der Waals surface area contributed by atoms with Gasteiger partial charge in [0.25, 0.3) is 0 Å². The van der Waals surface area contributed by atoms with Crippen molar-refractivity contribution in [3.05, 3.63) is 24.3 Å². The van der Waals surface area contributed by atoms with E-state index in [1.807, 2.05) is 0 Å². The molecule has 0 saturated carbocycles. The monoisotopic (exact) mass is 300 g/mol. The van der Waals surface area contributed by atoms with Gasteiger partial charge >= 0.3 is 12.2 Å². The Morgan fingerprint density at radius 3 is 2.55 bits per heavy atom. The Balaban J connectivity index is 2.42. The van der Waals surface area contributed by atoms with Gasteiger partial charge in [0, 0.05) is 18.1 Å². The van der Waals surface area contributed by atoms with Crippen molar-refractivity contribution < 1.29 is 19.1 Å². The Bertz CT molecular complexity index is 437. The van der Waals surface area contributed by atoms with Crippen LogP contribution in [0.25, 0.3) is 0 Å². The van der Waals surface area contributed by atoms with Crippen LogP contribution in [0.4, 0.5) is 15.3 Å². The van der Waals surface area contributed by atoms with E-state index in [0.29, 0.717) is 30.3 Å². The van der Waals surface area contributed by atoms with Crippen LogP contribution < -0.4 is 15.4 Å². The molecule has 20 heavy (non-hydrogen) atoms. The number of hydrogen-bond donors (Lipinski definition) is 2. The lowest BCUT2D eigenvalue weighted by atomic mass is 10.3. The molecule has 0 fully saturated rings. The summed E-state index contributed by atoms with van der Waals surface area (Å²) in [5.74, 6) is 0.844. The van der Waals surface area contributed by atoms with Gasteiger partial charge in [0.2, 0.25) is 0 Å². The van der Waals surface area contributed by atoms with E-state index in [0.717, 1.165) is 0 Å². The van der Waals surface area contributed by atoms with Gasteiger partial charge in [0.15, 0.2) is 0 Å². The molecular weight excluding hydrogens is 284 g/mol. The SMILES string of the molecule is CCOC(=O)Oc1ccc(NC(=O)NCCCCl)cc1. The Labute approximate surface area is 122 Å². The number of benzene rings is 1. The number of ether oxygens (including phenoxy) is 2. The van der Waals surface area contributed by atoms with Gasteiger partial charge in [0.1, 0.15) is 5.75 Å². The molecule has 0 atom stereocenters. The molecule has 1 aromatic rings. The van der Waals surface area contributed by atoms with Crippen LogP contribution in [0.1, 0.15) is 13.3 Å². The summed E-state index contributed by atoms with van der Waals surface area (Å²) < 4.78 is 9.53. The fourth-order valence-corrected chi connectivity index (χ4v) is 1.43. The third-order valence-electron chi connectivity index (χ3n) is 2.17. The molecule has 0 heterocycles. The highest BCUT2D eigenvalue weighted by Crippen LogP contribution is 2.16. The van der Waals surface area contributed by atoms with E-state index in [1.165, 1.54) is 0 Å². The number of hydrogen-bond acceptors (Lipinski definition) is 4. The molecule has 6 nitrogen and oxygen atoms in total. The Morgan fingerprint density at radius 2 is 1.95 bits per heavy atom. The standard InChI is InChI=1S/C13H17ClN2O4/c1-2-19-13(18)20-11-6-4-10(5-7-11)16-12(17)15-9-3-8-14/h4-7H,2-3,8-9H2,1H3,(H2,15,16,17). The number of carbonyl (C=O) groups is 2. The molecule has 0 aliphatic heterocycles. The molecular formula is C13H17ClN2O4. The quantitative estimate of drug-likeness (QED) is 0.366. The van der Waals surface area contributed by atoms with E-state index in [1.54, 1.807) is 31.2 Å². The van der Waals surface area contributed by atoms with E-state index >= 15 is 0 Å². The van der Waals surface area contributed by atoms with Crippen LogP contribution >= 0.6 is 11.6 Å². The first-order valence-corrected chi connectivity index (χ1v) is 6.74. The summed E-state index contributed by atoms with van der Waals surface area (Å²) in [7, 11) is 0.